The first-order valence-corrected chi connectivity index (χ1v) is 9.06. The van der Waals surface area contributed by atoms with E-state index in [0.717, 1.165) is 6.08 Å². The smallest absolute Gasteiger partial charge is 0.331 e. The molecule has 1 unspecified atom stereocenters. The van der Waals surface area contributed by atoms with Gasteiger partial charge in [-0.1, -0.05) is 15.9 Å². The summed E-state index contributed by atoms with van der Waals surface area (Å²) in [5.41, 5.74) is 1.28. The van der Waals surface area contributed by atoms with E-state index in [1.807, 2.05) is 0 Å². The predicted molar refractivity (Wildman–Crippen MR) is 108 cm³/mol. The van der Waals surface area contributed by atoms with Gasteiger partial charge in [0.15, 0.2) is 6.10 Å². The highest BCUT2D eigenvalue weighted by Crippen LogP contribution is 2.17. The van der Waals surface area contributed by atoms with Crippen molar-refractivity contribution in [2.24, 2.45) is 0 Å². The molecule has 0 saturated carbocycles. The lowest BCUT2D eigenvalue weighted by Gasteiger charge is -2.12. The van der Waals surface area contributed by atoms with Crippen LogP contribution in [0.15, 0.2) is 53.0 Å². The van der Waals surface area contributed by atoms with Crippen LogP contribution in [0.25, 0.3) is 6.08 Å². The number of hydrogen-bond acceptors (Lipinski definition) is 4. The lowest BCUT2D eigenvalue weighted by molar-refractivity contribution is -0.148. The van der Waals surface area contributed by atoms with Crippen molar-refractivity contribution in [2.75, 3.05) is 10.6 Å². The molecule has 146 valence electrons. The van der Waals surface area contributed by atoms with Crippen molar-refractivity contribution in [1.29, 1.82) is 0 Å². The number of halogens is 2. The quantitative estimate of drug-likeness (QED) is 0.513. The summed E-state index contributed by atoms with van der Waals surface area (Å²) in [6.45, 7) is 2.82. The molecule has 0 fully saturated rings. The molecule has 1 atom stereocenters. The number of rotatable bonds is 6. The van der Waals surface area contributed by atoms with Gasteiger partial charge in [-0.15, -0.1) is 0 Å². The topological polar surface area (TPSA) is 84.5 Å². The molecule has 2 N–H and O–H groups in total. The van der Waals surface area contributed by atoms with E-state index < -0.39 is 23.8 Å². The number of esters is 1. The molecule has 0 aliphatic heterocycles. The third-order valence-corrected chi connectivity index (χ3v) is 3.99. The normalized spacial score (nSPS) is 11.7. The average molecular weight is 449 g/mol. The molecule has 0 spiro atoms. The summed E-state index contributed by atoms with van der Waals surface area (Å²) in [6, 6.07) is 10.8. The zero-order valence-corrected chi connectivity index (χ0v) is 16.7. The van der Waals surface area contributed by atoms with E-state index in [1.165, 1.54) is 32.1 Å². The second kappa shape index (κ2) is 9.80. The van der Waals surface area contributed by atoms with Gasteiger partial charge in [0, 0.05) is 34.4 Å². The average Bonchev–Trinajstić information content (AvgIpc) is 2.63. The Labute approximate surface area is 169 Å². The van der Waals surface area contributed by atoms with E-state index in [4.69, 9.17) is 4.74 Å². The van der Waals surface area contributed by atoms with Gasteiger partial charge in [0.1, 0.15) is 5.82 Å². The molecule has 0 aliphatic carbocycles. The Balaban J connectivity index is 1.90. The Bertz CT molecular complexity index is 913. The number of anilines is 2. The number of carbonyl (C=O) groups excluding carboxylic acids is 3. The predicted octanol–water partition coefficient (Wildman–Crippen LogP) is 4.13. The summed E-state index contributed by atoms with van der Waals surface area (Å²) in [5, 5.41) is 5.21. The maximum Gasteiger partial charge on any atom is 0.331 e. The minimum Gasteiger partial charge on any atom is -0.449 e. The van der Waals surface area contributed by atoms with E-state index in [2.05, 4.69) is 26.6 Å². The van der Waals surface area contributed by atoms with Gasteiger partial charge < -0.3 is 15.4 Å². The van der Waals surface area contributed by atoms with Crippen LogP contribution >= 0.6 is 15.9 Å². The summed E-state index contributed by atoms with van der Waals surface area (Å²) in [7, 11) is 0. The van der Waals surface area contributed by atoms with Crippen LogP contribution in [0.4, 0.5) is 15.8 Å². The molecule has 2 aromatic carbocycles. The van der Waals surface area contributed by atoms with Crippen molar-refractivity contribution < 1.29 is 23.5 Å². The summed E-state index contributed by atoms with van der Waals surface area (Å²) < 4.78 is 19.3. The first-order valence-electron chi connectivity index (χ1n) is 8.27. The molecule has 0 bridgehead atoms. The minimum absolute atomic E-state index is 0.201. The number of nitrogens with one attached hydrogen (secondary N) is 2. The van der Waals surface area contributed by atoms with Gasteiger partial charge in [0.25, 0.3) is 5.91 Å². The second-order valence-corrected chi connectivity index (χ2v) is 6.74. The van der Waals surface area contributed by atoms with Gasteiger partial charge in [-0.3, -0.25) is 9.59 Å². The van der Waals surface area contributed by atoms with Crippen LogP contribution in [-0.2, 0) is 19.1 Å². The van der Waals surface area contributed by atoms with Gasteiger partial charge in [-0.05, 0) is 55.5 Å². The van der Waals surface area contributed by atoms with E-state index in [1.54, 1.807) is 30.3 Å². The lowest BCUT2D eigenvalue weighted by atomic mass is 10.2. The Kier molecular flexibility index (Phi) is 7.45. The van der Waals surface area contributed by atoms with E-state index in [-0.39, 0.29) is 11.5 Å². The van der Waals surface area contributed by atoms with Crippen LogP contribution in [0.1, 0.15) is 19.4 Å². The zero-order valence-electron chi connectivity index (χ0n) is 15.2. The van der Waals surface area contributed by atoms with E-state index in [0.29, 0.717) is 15.8 Å². The fourth-order valence-electron chi connectivity index (χ4n) is 2.15. The Hall–Kier alpha value is -3.00. The maximum absolute atomic E-state index is 13.6. The second-order valence-electron chi connectivity index (χ2n) is 5.83. The molecule has 28 heavy (non-hydrogen) atoms. The summed E-state index contributed by atoms with van der Waals surface area (Å²) >= 11 is 3.22. The molecule has 0 heterocycles. The molecule has 0 aromatic heterocycles. The third-order valence-electron chi connectivity index (χ3n) is 3.49. The van der Waals surface area contributed by atoms with Gasteiger partial charge in [0.05, 0.1) is 0 Å². The molecule has 2 aromatic rings. The molecule has 6 nitrogen and oxygen atoms in total. The Morgan fingerprint density at radius 2 is 1.68 bits per heavy atom. The number of hydrogen-bond donors (Lipinski definition) is 2. The monoisotopic (exact) mass is 448 g/mol. The van der Waals surface area contributed by atoms with Gasteiger partial charge in [-0.2, -0.15) is 0 Å². The highest BCUT2D eigenvalue weighted by molar-refractivity contribution is 9.10. The number of ether oxygens (including phenoxy) is 1. The summed E-state index contributed by atoms with van der Waals surface area (Å²) in [4.78, 5) is 35.0. The van der Waals surface area contributed by atoms with E-state index >= 15 is 0 Å². The molecular weight excluding hydrogens is 431 g/mol. The molecular formula is C20H18BrFN2O4. The van der Waals surface area contributed by atoms with Gasteiger partial charge in [0.2, 0.25) is 5.91 Å². The number of benzene rings is 2. The molecule has 0 radical (unpaired) electrons. The number of carbonyl (C=O) groups is 3. The van der Waals surface area contributed by atoms with Crippen molar-refractivity contribution >= 4 is 51.2 Å². The molecule has 8 heteroatoms. The third kappa shape index (κ3) is 6.62. The van der Waals surface area contributed by atoms with Crippen LogP contribution in [0, 0.1) is 5.82 Å². The van der Waals surface area contributed by atoms with Crippen LogP contribution in [0.3, 0.4) is 0 Å². The highest BCUT2D eigenvalue weighted by atomic mass is 79.9. The van der Waals surface area contributed by atoms with Crippen molar-refractivity contribution in [3.8, 4) is 0 Å². The highest BCUT2D eigenvalue weighted by Gasteiger charge is 2.16. The SMILES string of the molecule is CC(=O)Nc1ccc(NC(=O)C(C)OC(=O)/C=C/c2cc(Br)ccc2F)cc1. The fourth-order valence-corrected chi connectivity index (χ4v) is 2.53. The Morgan fingerprint density at radius 3 is 2.29 bits per heavy atom. The largest absolute Gasteiger partial charge is 0.449 e. The molecule has 0 saturated heterocycles. The zero-order chi connectivity index (χ0) is 20.7. The summed E-state index contributed by atoms with van der Waals surface area (Å²) in [5.74, 6) is -1.99. The first kappa shape index (κ1) is 21.3. The van der Waals surface area contributed by atoms with Crippen molar-refractivity contribution in [3.63, 3.8) is 0 Å². The van der Waals surface area contributed by atoms with Gasteiger partial charge in [-0.25, -0.2) is 9.18 Å². The number of amides is 2. The standard InChI is InChI=1S/C20H18BrFN2O4/c1-12(20(27)24-17-7-5-16(6-8-17)23-13(2)25)28-19(26)10-3-14-11-15(21)4-9-18(14)22/h3-12H,1-2H3,(H,23,25)(H,24,27)/b10-3+. The molecule has 2 amide bonds. The minimum atomic E-state index is -1.06. The maximum atomic E-state index is 13.6. The molecule has 0 aliphatic rings. The Morgan fingerprint density at radius 1 is 1.07 bits per heavy atom. The summed E-state index contributed by atoms with van der Waals surface area (Å²) in [6.07, 6.45) is 1.27. The fraction of sp³-hybridized carbons (Fsp3) is 0.150. The van der Waals surface area contributed by atoms with Crippen molar-refractivity contribution in [3.05, 3.63) is 64.4 Å². The van der Waals surface area contributed by atoms with Crippen molar-refractivity contribution in [1.82, 2.24) is 0 Å². The van der Waals surface area contributed by atoms with Crippen LogP contribution < -0.4 is 10.6 Å². The lowest BCUT2D eigenvalue weighted by Crippen LogP contribution is -2.29. The first-order chi connectivity index (χ1) is 13.2. The molecule has 2 rings (SSSR count). The van der Waals surface area contributed by atoms with Crippen molar-refractivity contribution in [2.45, 2.75) is 20.0 Å². The van der Waals surface area contributed by atoms with Crippen LogP contribution in [0.5, 0.6) is 0 Å². The van der Waals surface area contributed by atoms with Gasteiger partial charge >= 0.3 is 5.97 Å². The van der Waals surface area contributed by atoms with Crippen LogP contribution in [0.2, 0.25) is 0 Å². The van der Waals surface area contributed by atoms with Crippen LogP contribution in [-0.4, -0.2) is 23.9 Å². The van der Waals surface area contributed by atoms with E-state index in [9.17, 15) is 18.8 Å².